The normalized spacial score (nSPS) is 11.2. The summed E-state index contributed by atoms with van der Waals surface area (Å²) >= 11 is 1.69. The molecule has 5 aromatic rings. The summed E-state index contributed by atoms with van der Waals surface area (Å²) in [5.74, 6) is 2.78. The first-order chi connectivity index (χ1) is 21.4. The Hall–Kier alpha value is -4.62. The smallest absolute Gasteiger partial charge is 0.185 e. The van der Waals surface area contributed by atoms with Gasteiger partial charge in [-0.15, -0.1) is 11.3 Å². The highest BCUT2D eigenvalue weighted by Crippen LogP contribution is 2.32. The maximum atomic E-state index is 12.8. The standard InChI is InChI=1S/C37H37NO5S/c1-25-21-29(24-34(41-4)26(25)2)32(39)17-15-27-16-18-33(40-3)35(22-27)43-20-9-5-8-19-42-30-12-10-11-28(23-30)37-38-31-13-6-7-14-36(31)44-37/h6-7,10-18,21-24H,5,8-9,19-20H2,1-4H3/b17-15+. The van der Waals surface area contributed by atoms with E-state index >= 15 is 0 Å². The summed E-state index contributed by atoms with van der Waals surface area (Å²) in [6.45, 7) is 5.14. The zero-order valence-corrected chi connectivity index (χ0v) is 26.4. The molecule has 4 aromatic carbocycles. The molecule has 0 saturated heterocycles. The number of carbonyl (C=O) groups is 1. The third-order valence-corrected chi connectivity index (χ3v) is 8.51. The van der Waals surface area contributed by atoms with Gasteiger partial charge in [0.15, 0.2) is 17.3 Å². The van der Waals surface area contributed by atoms with Crippen molar-refractivity contribution in [3.05, 3.63) is 107 Å². The van der Waals surface area contributed by atoms with Crippen LogP contribution in [0.25, 0.3) is 26.9 Å². The van der Waals surface area contributed by atoms with E-state index in [9.17, 15) is 4.79 Å². The molecule has 0 bridgehead atoms. The Bertz CT molecular complexity index is 1740. The van der Waals surface area contributed by atoms with Crippen molar-refractivity contribution in [3.63, 3.8) is 0 Å². The number of hydrogen-bond acceptors (Lipinski definition) is 7. The number of unbranched alkanes of at least 4 members (excludes halogenated alkanes) is 2. The minimum Gasteiger partial charge on any atom is -0.496 e. The Morgan fingerprint density at radius 2 is 1.59 bits per heavy atom. The highest BCUT2D eigenvalue weighted by molar-refractivity contribution is 7.21. The number of methoxy groups -OCH3 is 2. The third-order valence-electron chi connectivity index (χ3n) is 7.43. The lowest BCUT2D eigenvalue weighted by atomic mass is 10.0. The van der Waals surface area contributed by atoms with Gasteiger partial charge < -0.3 is 18.9 Å². The lowest BCUT2D eigenvalue weighted by Gasteiger charge is -2.12. The molecule has 0 N–H and O–H groups in total. The number of fused-ring (bicyclic) bond motifs is 1. The molecule has 0 saturated carbocycles. The zero-order chi connectivity index (χ0) is 30.9. The maximum Gasteiger partial charge on any atom is 0.185 e. The molecule has 0 fully saturated rings. The van der Waals surface area contributed by atoms with Crippen LogP contribution < -0.4 is 18.9 Å². The Kier molecular flexibility index (Phi) is 10.3. The molecular formula is C37H37NO5S. The van der Waals surface area contributed by atoms with Gasteiger partial charge in [0.1, 0.15) is 16.5 Å². The van der Waals surface area contributed by atoms with Crippen LogP contribution in [0.4, 0.5) is 0 Å². The van der Waals surface area contributed by atoms with Gasteiger partial charge in [0.05, 0.1) is 37.6 Å². The first kappa shape index (κ1) is 30.8. The van der Waals surface area contributed by atoms with E-state index in [0.717, 1.165) is 57.8 Å². The van der Waals surface area contributed by atoms with Crippen LogP contribution in [0, 0.1) is 13.8 Å². The van der Waals surface area contributed by atoms with Gasteiger partial charge in [-0.3, -0.25) is 4.79 Å². The molecule has 0 atom stereocenters. The van der Waals surface area contributed by atoms with E-state index in [1.807, 2.05) is 68.4 Å². The summed E-state index contributed by atoms with van der Waals surface area (Å²) < 4.78 is 24.2. The van der Waals surface area contributed by atoms with Crippen molar-refractivity contribution in [1.82, 2.24) is 4.98 Å². The summed E-state index contributed by atoms with van der Waals surface area (Å²) in [6.07, 6.45) is 6.13. The molecule has 0 radical (unpaired) electrons. The highest BCUT2D eigenvalue weighted by Gasteiger charge is 2.11. The van der Waals surface area contributed by atoms with Crippen molar-refractivity contribution < 1.29 is 23.7 Å². The van der Waals surface area contributed by atoms with E-state index in [2.05, 4.69) is 18.2 Å². The SMILES string of the molecule is COc1ccc(/C=C/C(=O)c2cc(C)c(C)c(OC)c2)cc1OCCCCCOc1cccc(-c2nc3ccccc3s2)c1. The van der Waals surface area contributed by atoms with Gasteiger partial charge in [-0.05, 0) is 104 Å². The molecule has 0 aliphatic heterocycles. The molecule has 1 aromatic heterocycles. The van der Waals surface area contributed by atoms with Crippen LogP contribution in [0.5, 0.6) is 23.0 Å². The molecule has 7 heteroatoms. The molecule has 1 heterocycles. The predicted molar refractivity (Wildman–Crippen MR) is 179 cm³/mol. The van der Waals surface area contributed by atoms with Crippen molar-refractivity contribution in [2.75, 3.05) is 27.4 Å². The maximum absolute atomic E-state index is 12.8. The van der Waals surface area contributed by atoms with Crippen LogP contribution in [0.15, 0.2) is 84.9 Å². The lowest BCUT2D eigenvalue weighted by Crippen LogP contribution is -2.02. The Labute approximate surface area is 262 Å². The number of ketones is 1. The molecule has 5 rings (SSSR count). The van der Waals surface area contributed by atoms with Gasteiger partial charge in [-0.1, -0.05) is 36.4 Å². The van der Waals surface area contributed by atoms with Gasteiger partial charge in [0.2, 0.25) is 0 Å². The van der Waals surface area contributed by atoms with Crippen molar-refractivity contribution in [1.29, 1.82) is 0 Å². The largest absolute Gasteiger partial charge is 0.496 e. The quantitative estimate of drug-likeness (QED) is 0.0713. The number of ether oxygens (including phenoxy) is 4. The number of thiazole rings is 1. The molecule has 0 aliphatic rings. The molecule has 0 aliphatic carbocycles. The van der Waals surface area contributed by atoms with E-state index in [0.29, 0.717) is 36.0 Å². The first-order valence-corrected chi connectivity index (χ1v) is 15.5. The monoisotopic (exact) mass is 607 g/mol. The number of hydrogen-bond donors (Lipinski definition) is 0. The number of rotatable bonds is 14. The van der Waals surface area contributed by atoms with E-state index in [-0.39, 0.29) is 5.78 Å². The number of aromatic nitrogens is 1. The summed E-state index contributed by atoms with van der Waals surface area (Å²) in [5.41, 5.74) is 5.58. The number of aryl methyl sites for hydroxylation is 1. The Balaban J connectivity index is 1.09. The van der Waals surface area contributed by atoms with Crippen LogP contribution in [-0.4, -0.2) is 38.2 Å². The highest BCUT2D eigenvalue weighted by atomic mass is 32.1. The molecule has 0 spiro atoms. The second-order valence-electron chi connectivity index (χ2n) is 10.5. The van der Waals surface area contributed by atoms with Gasteiger partial charge in [0, 0.05) is 11.1 Å². The number of allylic oxidation sites excluding steroid dienone is 1. The fraction of sp³-hybridized carbons (Fsp3) is 0.243. The van der Waals surface area contributed by atoms with Crippen LogP contribution in [0.3, 0.4) is 0 Å². The summed E-state index contributed by atoms with van der Waals surface area (Å²) in [5, 5.41) is 0.998. The van der Waals surface area contributed by atoms with Crippen molar-refractivity contribution in [2.45, 2.75) is 33.1 Å². The zero-order valence-electron chi connectivity index (χ0n) is 25.6. The van der Waals surface area contributed by atoms with Crippen LogP contribution in [-0.2, 0) is 0 Å². The molecule has 226 valence electrons. The topological polar surface area (TPSA) is 66.9 Å². The molecule has 6 nitrogen and oxygen atoms in total. The number of para-hydroxylation sites is 1. The molecule has 44 heavy (non-hydrogen) atoms. The number of nitrogens with zero attached hydrogens (tertiary/aromatic N) is 1. The van der Waals surface area contributed by atoms with Crippen molar-refractivity contribution in [2.24, 2.45) is 0 Å². The second kappa shape index (κ2) is 14.7. The summed E-state index contributed by atoms with van der Waals surface area (Å²) in [6, 6.07) is 25.6. The van der Waals surface area contributed by atoms with E-state index in [4.69, 9.17) is 23.9 Å². The summed E-state index contributed by atoms with van der Waals surface area (Å²) in [4.78, 5) is 17.6. The fourth-order valence-corrected chi connectivity index (χ4v) is 5.79. The van der Waals surface area contributed by atoms with Gasteiger partial charge in [-0.25, -0.2) is 4.98 Å². The van der Waals surface area contributed by atoms with Gasteiger partial charge >= 0.3 is 0 Å². The predicted octanol–water partition coefficient (Wildman–Crippen LogP) is 9.12. The van der Waals surface area contributed by atoms with Gasteiger partial charge in [0.25, 0.3) is 0 Å². The number of carbonyl (C=O) groups excluding carboxylic acids is 1. The average molecular weight is 608 g/mol. The lowest BCUT2D eigenvalue weighted by molar-refractivity contribution is 0.104. The van der Waals surface area contributed by atoms with Crippen molar-refractivity contribution >= 4 is 33.4 Å². The van der Waals surface area contributed by atoms with Gasteiger partial charge in [-0.2, -0.15) is 0 Å². The van der Waals surface area contributed by atoms with Crippen LogP contribution >= 0.6 is 11.3 Å². The Morgan fingerprint density at radius 1 is 0.795 bits per heavy atom. The van der Waals surface area contributed by atoms with Crippen LogP contribution in [0.1, 0.15) is 46.3 Å². The fourth-order valence-electron chi connectivity index (χ4n) is 4.83. The molecule has 0 unspecified atom stereocenters. The molecule has 0 amide bonds. The third kappa shape index (κ3) is 7.66. The average Bonchev–Trinajstić information content (AvgIpc) is 3.49. The first-order valence-electron chi connectivity index (χ1n) is 14.7. The van der Waals surface area contributed by atoms with Crippen molar-refractivity contribution in [3.8, 4) is 33.6 Å². The van der Waals surface area contributed by atoms with E-state index in [1.54, 1.807) is 43.8 Å². The second-order valence-corrected chi connectivity index (χ2v) is 11.5. The van der Waals surface area contributed by atoms with Crippen LogP contribution in [0.2, 0.25) is 0 Å². The minimum atomic E-state index is -0.0876. The molecular weight excluding hydrogens is 570 g/mol. The Morgan fingerprint density at radius 3 is 2.39 bits per heavy atom. The number of benzene rings is 4. The minimum absolute atomic E-state index is 0.0876. The van der Waals surface area contributed by atoms with E-state index in [1.165, 1.54) is 4.70 Å². The summed E-state index contributed by atoms with van der Waals surface area (Å²) in [7, 11) is 3.24. The van der Waals surface area contributed by atoms with E-state index < -0.39 is 0 Å².